The summed E-state index contributed by atoms with van der Waals surface area (Å²) in [6, 6.07) is 0. The van der Waals surface area contributed by atoms with Crippen LogP contribution in [0.4, 0.5) is 4.79 Å². The lowest BCUT2D eigenvalue weighted by Crippen LogP contribution is -2.43. The van der Waals surface area contributed by atoms with Crippen molar-refractivity contribution in [3.8, 4) is 11.5 Å². The van der Waals surface area contributed by atoms with Crippen LogP contribution in [0.15, 0.2) is 0 Å². The van der Waals surface area contributed by atoms with Crippen molar-refractivity contribution in [1.29, 1.82) is 0 Å². The molecule has 0 unspecified atom stereocenters. The van der Waals surface area contributed by atoms with E-state index in [9.17, 15) is 4.79 Å². The van der Waals surface area contributed by atoms with Gasteiger partial charge < -0.3 is 10.0 Å². The van der Waals surface area contributed by atoms with Crippen molar-refractivity contribution >= 4 is 14.2 Å². The number of nitrogens with zero attached hydrogens (tertiary/aromatic N) is 1. The Balaban J connectivity index is 2.70. The number of hydrogen-bond donors (Lipinski definition) is 1. The minimum atomic E-state index is -1.61. The lowest BCUT2D eigenvalue weighted by molar-refractivity contribution is 0.125. The Kier molecular flexibility index (Phi) is 6.99. The summed E-state index contributed by atoms with van der Waals surface area (Å²) in [5.74, 6) is 4.10. The van der Waals surface area contributed by atoms with E-state index in [1.807, 2.05) is 0 Å². The zero-order chi connectivity index (χ0) is 16.9. The zero-order valence-corrected chi connectivity index (χ0v) is 16.1. The quantitative estimate of drug-likeness (QED) is 0.585. The lowest BCUT2D eigenvalue weighted by Gasteiger charge is -2.38. The number of piperidine rings is 1. The topological polar surface area (TPSA) is 40.5 Å². The molecular weight excluding hydrogens is 290 g/mol. The highest BCUT2D eigenvalue weighted by Gasteiger charge is 2.41. The van der Waals surface area contributed by atoms with Crippen LogP contribution < -0.4 is 0 Å². The summed E-state index contributed by atoms with van der Waals surface area (Å²) >= 11 is 0. The van der Waals surface area contributed by atoms with Gasteiger partial charge in [-0.25, -0.2) is 4.79 Å². The van der Waals surface area contributed by atoms with Crippen molar-refractivity contribution in [2.75, 3.05) is 13.1 Å². The minimum absolute atomic E-state index is 0.571. The summed E-state index contributed by atoms with van der Waals surface area (Å²) in [5, 5.41) is 8.99. The average molecular weight is 324 g/mol. The third kappa shape index (κ3) is 4.29. The largest absolute Gasteiger partial charge is 0.465 e. The third-order valence-corrected chi connectivity index (χ3v) is 11.8. The van der Waals surface area contributed by atoms with Gasteiger partial charge in [-0.05, 0) is 35.4 Å². The van der Waals surface area contributed by atoms with Crippen LogP contribution in [0.5, 0.6) is 0 Å². The maximum absolute atomic E-state index is 10.9. The van der Waals surface area contributed by atoms with Gasteiger partial charge in [-0.15, -0.1) is 11.5 Å². The van der Waals surface area contributed by atoms with Gasteiger partial charge in [0.25, 0.3) is 0 Å². The highest BCUT2D eigenvalue weighted by molar-refractivity contribution is 6.90. The number of rotatable bonds is 4. The fourth-order valence-corrected chi connectivity index (χ4v) is 9.38. The summed E-state index contributed by atoms with van der Waals surface area (Å²) in [6.07, 6.45) is 2.07. The minimum Gasteiger partial charge on any atom is -0.465 e. The first kappa shape index (κ1) is 19.1. The van der Waals surface area contributed by atoms with Crippen molar-refractivity contribution in [3.63, 3.8) is 0 Å². The van der Waals surface area contributed by atoms with Gasteiger partial charge in [0, 0.05) is 19.5 Å². The van der Waals surface area contributed by atoms with E-state index in [4.69, 9.17) is 5.11 Å². The van der Waals surface area contributed by atoms with Crippen LogP contribution in [-0.4, -0.2) is 37.3 Å². The number of carbonyl (C=O) groups is 1. The summed E-state index contributed by atoms with van der Waals surface area (Å²) in [6.45, 7) is 15.4. The van der Waals surface area contributed by atoms with E-state index in [0.717, 1.165) is 19.3 Å². The van der Waals surface area contributed by atoms with Gasteiger partial charge in [0.2, 0.25) is 0 Å². The highest BCUT2D eigenvalue weighted by atomic mass is 28.3. The van der Waals surface area contributed by atoms with Crippen LogP contribution in [0.3, 0.4) is 0 Å². The summed E-state index contributed by atoms with van der Waals surface area (Å²) in [5.41, 5.74) is 5.80. The molecule has 4 heteroatoms. The van der Waals surface area contributed by atoms with Crippen LogP contribution in [0, 0.1) is 17.4 Å². The van der Waals surface area contributed by atoms with Gasteiger partial charge >= 0.3 is 6.09 Å². The Morgan fingerprint density at radius 2 is 1.55 bits per heavy atom. The number of amides is 1. The van der Waals surface area contributed by atoms with Crippen molar-refractivity contribution in [2.45, 2.75) is 77.4 Å². The van der Waals surface area contributed by atoms with E-state index in [-0.39, 0.29) is 0 Å². The van der Waals surface area contributed by atoms with Crippen molar-refractivity contribution < 1.29 is 9.90 Å². The van der Waals surface area contributed by atoms with Gasteiger partial charge in [-0.1, -0.05) is 41.5 Å². The first-order chi connectivity index (χ1) is 10.2. The molecule has 1 saturated heterocycles. The number of carboxylic acid groups (broad SMARTS) is 1. The van der Waals surface area contributed by atoms with E-state index in [2.05, 4.69) is 53.0 Å². The fourth-order valence-electron chi connectivity index (χ4n) is 4.11. The van der Waals surface area contributed by atoms with E-state index < -0.39 is 14.2 Å². The SMILES string of the molecule is CC(C)[Si](C#CCC1CCN(C(=O)O)CC1)(C(C)C)C(C)C. The van der Waals surface area contributed by atoms with E-state index in [1.54, 1.807) is 0 Å². The first-order valence-corrected chi connectivity index (χ1v) is 10.9. The van der Waals surface area contributed by atoms with Crippen molar-refractivity contribution in [3.05, 3.63) is 0 Å². The van der Waals surface area contributed by atoms with Crippen molar-refractivity contribution in [2.24, 2.45) is 5.92 Å². The molecular formula is C18H33NO2Si. The van der Waals surface area contributed by atoms with Crippen LogP contribution in [0.2, 0.25) is 16.6 Å². The summed E-state index contributed by atoms with van der Waals surface area (Å²) in [4.78, 5) is 12.5. The van der Waals surface area contributed by atoms with Gasteiger partial charge in [-0.2, -0.15) is 0 Å². The molecule has 1 N–H and O–H groups in total. The molecule has 0 radical (unpaired) electrons. The molecule has 0 spiro atoms. The maximum Gasteiger partial charge on any atom is 0.407 e. The third-order valence-electron chi connectivity index (χ3n) is 5.45. The molecule has 22 heavy (non-hydrogen) atoms. The Morgan fingerprint density at radius 3 is 1.91 bits per heavy atom. The molecule has 1 rings (SSSR count). The summed E-state index contributed by atoms with van der Waals surface area (Å²) < 4.78 is 0. The molecule has 0 saturated carbocycles. The zero-order valence-electron chi connectivity index (χ0n) is 15.1. The molecule has 1 aliphatic heterocycles. The number of likely N-dealkylation sites (tertiary alicyclic amines) is 1. The summed E-state index contributed by atoms with van der Waals surface area (Å²) in [7, 11) is -1.61. The second-order valence-electron chi connectivity index (χ2n) is 7.62. The Labute approximate surface area is 137 Å². The molecule has 3 nitrogen and oxygen atoms in total. The van der Waals surface area contributed by atoms with E-state index in [0.29, 0.717) is 35.6 Å². The molecule has 126 valence electrons. The molecule has 0 aromatic carbocycles. The molecule has 1 aliphatic rings. The van der Waals surface area contributed by atoms with Gasteiger partial charge in [0.05, 0.1) is 0 Å². The maximum atomic E-state index is 10.9. The predicted octanol–water partition coefficient (Wildman–Crippen LogP) is 4.99. The average Bonchev–Trinajstić information content (AvgIpc) is 2.42. The normalized spacial score (nSPS) is 17.0. The van der Waals surface area contributed by atoms with Crippen LogP contribution in [-0.2, 0) is 0 Å². The van der Waals surface area contributed by atoms with E-state index >= 15 is 0 Å². The lowest BCUT2D eigenvalue weighted by atomic mass is 9.94. The molecule has 0 aliphatic carbocycles. The smallest absolute Gasteiger partial charge is 0.407 e. The predicted molar refractivity (Wildman–Crippen MR) is 95.8 cm³/mol. The molecule has 0 bridgehead atoms. The van der Waals surface area contributed by atoms with Crippen molar-refractivity contribution in [1.82, 2.24) is 4.90 Å². The molecule has 1 heterocycles. The molecule has 0 atom stereocenters. The fraction of sp³-hybridized carbons (Fsp3) is 0.833. The van der Waals surface area contributed by atoms with Crippen LogP contribution in [0.25, 0.3) is 0 Å². The standard InChI is InChI=1S/C18H33NO2Si/c1-14(2)22(15(3)4,16(5)6)13-7-8-17-9-11-19(12-10-17)18(20)21/h14-17H,8-12H2,1-6H3,(H,20,21). The molecule has 1 amide bonds. The molecule has 0 aromatic heterocycles. The highest BCUT2D eigenvalue weighted by Crippen LogP contribution is 2.40. The van der Waals surface area contributed by atoms with Crippen LogP contribution in [0.1, 0.15) is 60.8 Å². The second kappa shape index (κ2) is 8.06. The van der Waals surface area contributed by atoms with Gasteiger partial charge in [0.1, 0.15) is 8.07 Å². The van der Waals surface area contributed by atoms with E-state index in [1.165, 1.54) is 4.90 Å². The van der Waals surface area contributed by atoms with Gasteiger partial charge in [-0.3, -0.25) is 0 Å². The Morgan fingerprint density at radius 1 is 1.09 bits per heavy atom. The molecule has 0 aromatic rings. The van der Waals surface area contributed by atoms with Crippen LogP contribution >= 0.6 is 0 Å². The Hall–Kier alpha value is -0.953. The second-order valence-corrected chi connectivity index (χ2v) is 13.2. The first-order valence-electron chi connectivity index (χ1n) is 8.69. The number of hydrogen-bond acceptors (Lipinski definition) is 1. The monoisotopic (exact) mass is 323 g/mol. The van der Waals surface area contributed by atoms with Gasteiger partial charge in [0.15, 0.2) is 0 Å². The molecule has 1 fully saturated rings. The Bertz CT molecular complexity index is 404.